The predicted octanol–water partition coefficient (Wildman–Crippen LogP) is 2.60. The van der Waals surface area contributed by atoms with Gasteiger partial charge < -0.3 is 31.3 Å². The van der Waals surface area contributed by atoms with E-state index in [1.807, 2.05) is 18.3 Å². The van der Waals surface area contributed by atoms with E-state index >= 15 is 0 Å². The van der Waals surface area contributed by atoms with Gasteiger partial charge in [-0.1, -0.05) is 12.6 Å². The summed E-state index contributed by atoms with van der Waals surface area (Å²) in [6.07, 6.45) is 7.41. The Morgan fingerprint density at radius 3 is 2.90 bits per heavy atom. The molecule has 4 rings (SSSR count). The number of nitrogens with zero attached hydrogens (tertiary/aromatic N) is 2. The highest BCUT2D eigenvalue weighted by atomic mass is 16.5. The molecule has 1 aliphatic carbocycles. The molecule has 1 aromatic carbocycles. The molecule has 0 atom stereocenters. The lowest BCUT2D eigenvalue weighted by Crippen LogP contribution is -2.42. The molecule has 2 heterocycles. The van der Waals surface area contributed by atoms with E-state index in [2.05, 4.69) is 45.4 Å². The van der Waals surface area contributed by atoms with Crippen molar-refractivity contribution < 1.29 is 4.74 Å². The van der Waals surface area contributed by atoms with Crippen molar-refractivity contribution in [3.63, 3.8) is 0 Å². The number of fused-ring (bicyclic) bond motifs is 2. The number of hydrogen-bond acceptors (Lipinski definition) is 6. The SMILES string of the molecule is C=C1N=C2Nc3cc(C)ccc3OC2=CN1C1CCC(NCCCNC(=N)N)CC1. The summed E-state index contributed by atoms with van der Waals surface area (Å²) in [5.74, 6) is 3.09. The number of nitrogens with one attached hydrogen (secondary N) is 4. The Morgan fingerprint density at radius 2 is 2.13 bits per heavy atom. The number of amidine groups is 1. The number of nitrogens with two attached hydrogens (primary N) is 1. The topological polar surface area (TPSA) is 111 Å². The molecule has 1 saturated carbocycles. The van der Waals surface area contributed by atoms with Crippen LogP contribution in [0.5, 0.6) is 5.75 Å². The summed E-state index contributed by atoms with van der Waals surface area (Å²) in [5.41, 5.74) is 7.42. The summed E-state index contributed by atoms with van der Waals surface area (Å²) in [4.78, 5) is 6.86. The van der Waals surface area contributed by atoms with Crippen molar-refractivity contribution in [2.24, 2.45) is 10.7 Å². The van der Waals surface area contributed by atoms with E-state index in [1.165, 1.54) is 5.56 Å². The van der Waals surface area contributed by atoms with Gasteiger partial charge in [-0.15, -0.1) is 0 Å². The average molecular weight is 410 g/mol. The lowest BCUT2D eigenvalue weighted by Gasteiger charge is -2.39. The van der Waals surface area contributed by atoms with Crippen molar-refractivity contribution in [3.8, 4) is 5.75 Å². The Bertz CT molecular complexity index is 883. The van der Waals surface area contributed by atoms with Gasteiger partial charge in [-0.05, 0) is 63.3 Å². The standard InChI is InChI=1S/C22H31N7O/c1-14-4-9-19-18(12-14)28-21-20(30-19)13-29(15(2)27-21)17-7-5-16(6-8-17)25-10-3-11-26-22(23)24/h4,9,12-13,16-17,25H,2-3,5-8,10-11H2,1H3,(H,27,28)(H4,23,24,26). The Balaban J connectivity index is 1.31. The second-order valence-corrected chi connectivity index (χ2v) is 8.16. The number of aryl methyl sites for hydroxylation is 1. The molecule has 160 valence electrons. The van der Waals surface area contributed by atoms with E-state index in [0.29, 0.717) is 12.1 Å². The van der Waals surface area contributed by atoms with Crippen LogP contribution in [0, 0.1) is 12.3 Å². The Labute approximate surface area is 177 Å². The maximum absolute atomic E-state index is 7.17. The first-order chi connectivity index (χ1) is 14.5. The van der Waals surface area contributed by atoms with Crippen LogP contribution in [-0.2, 0) is 0 Å². The molecular formula is C22H31N7O. The van der Waals surface area contributed by atoms with E-state index in [1.54, 1.807) is 0 Å². The molecule has 3 aliphatic rings. The second kappa shape index (κ2) is 8.79. The van der Waals surface area contributed by atoms with Crippen LogP contribution in [-0.4, -0.2) is 41.9 Å². The van der Waals surface area contributed by atoms with Crippen molar-refractivity contribution in [1.82, 2.24) is 15.5 Å². The zero-order valence-corrected chi connectivity index (χ0v) is 17.5. The van der Waals surface area contributed by atoms with Crippen molar-refractivity contribution in [3.05, 3.63) is 48.1 Å². The number of benzene rings is 1. The quantitative estimate of drug-likeness (QED) is 0.281. The van der Waals surface area contributed by atoms with E-state index in [-0.39, 0.29) is 5.96 Å². The van der Waals surface area contributed by atoms with Crippen molar-refractivity contribution >= 4 is 17.5 Å². The first-order valence-electron chi connectivity index (χ1n) is 10.6. The number of rotatable bonds is 6. The minimum Gasteiger partial charge on any atom is -0.450 e. The number of guanidine groups is 1. The molecule has 0 bridgehead atoms. The molecular weight excluding hydrogens is 378 g/mol. The molecule has 0 unspecified atom stereocenters. The molecule has 8 heteroatoms. The summed E-state index contributed by atoms with van der Waals surface area (Å²) >= 11 is 0. The number of hydrogen-bond donors (Lipinski definition) is 5. The lowest BCUT2D eigenvalue weighted by molar-refractivity contribution is 0.222. The maximum atomic E-state index is 7.17. The van der Waals surface area contributed by atoms with E-state index in [0.717, 1.165) is 74.0 Å². The van der Waals surface area contributed by atoms with Crippen LogP contribution < -0.4 is 26.4 Å². The third-order valence-corrected chi connectivity index (χ3v) is 5.83. The van der Waals surface area contributed by atoms with Crippen molar-refractivity contribution in [2.75, 3.05) is 18.4 Å². The van der Waals surface area contributed by atoms with Gasteiger partial charge in [0, 0.05) is 18.6 Å². The van der Waals surface area contributed by atoms with Crippen LogP contribution >= 0.6 is 0 Å². The first kappa shape index (κ1) is 20.3. The van der Waals surface area contributed by atoms with Gasteiger partial charge in [-0.25, -0.2) is 4.99 Å². The van der Waals surface area contributed by atoms with Crippen LogP contribution in [0.3, 0.4) is 0 Å². The molecule has 0 amide bonds. The molecule has 0 saturated heterocycles. The maximum Gasteiger partial charge on any atom is 0.186 e. The monoisotopic (exact) mass is 409 g/mol. The van der Waals surface area contributed by atoms with Gasteiger partial charge in [0.25, 0.3) is 0 Å². The molecule has 6 N–H and O–H groups in total. The van der Waals surface area contributed by atoms with E-state index < -0.39 is 0 Å². The molecule has 0 spiro atoms. The Kier molecular flexibility index (Phi) is 5.94. The van der Waals surface area contributed by atoms with Crippen LogP contribution in [0.4, 0.5) is 5.69 Å². The van der Waals surface area contributed by atoms with Crippen molar-refractivity contribution in [2.45, 2.75) is 51.1 Å². The molecule has 30 heavy (non-hydrogen) atoms. The van der Waals surface area contributed by atoms with Crippen LogP contribution in [0.15, 0.2) is 47.6 Å². The predicted molar refractivity (Wildman–Crippen MR) is 121 cm³/mol. The molecule has 1 fully saturated rings. The number of ether oxygens (including phenoxy) is 1. The summed E-state index contributed by atoms with van der Waals surface area (Å²) in [6.45, 7) is 7.91. The highest BCUT2D eigenvalue weighted by Gasteiger charge is 2.31. The third kappa shape index (κ3) is 4.59. The molecule has 0 radical (unpaired) electrons. The van der Waals surface area contributed by atoms with Gasteiger partial charge in [0.05, 0.1) is 11.9 Å². The van der Waals surface area contributed by atoms with Gasteiger partial charge in [-0.2, -0.15) is 0 Å². The van der Waals surface area contributed by atoms with E-state index in [9.17, 15) is 0 Å². The normalized spacial score (nSPS) is 22.7. The first-order valence-corrected chi connectivity index (χ1v) is 10.6. The summed E-state index contributed by atoms with van der Waals surface area (Å²) < 4.78 is 6.12. The fourth-order valence-electron chi connectivity index (χ4n) is 4.24. The molecule has 8 nitrogen and oxygen atoms in total. The van der Waals surface area contributed by atoms with Gasteiger partial charge in [-0.3, -0.25) is 5.41 Å². The van der Waals surface area contributed by atoms with Crippen LogP contribution in [0.2, 0.25) is 0 Å². The second-order valence-electron chi connectivity index (χ2n) is 8.16. The van der Waals surface area contributed by atoms with Gasteiger partial charge in [0.1, 0.15) is 5.82 Å². The lowest BCUT2D eigenvalue weighted by atomic mass is 9.90. The van der Waals surface area contributed by atoms with Gasteiger partial charge >= 0.3 is 0 Å². The number of aliphatic imine (C=N–C) groups is 1. The minimum absolute atomic E-state index is 0.0351. The van der Waals surface area contributed by atoms with Crippen molar-refractivity contribution in [1.29, 1.82) is 5.41 Å². The number of anilines is 1. The highest BCUT2D eigenvalue weighted by molar-refractivity contribution is 6.10. The fourth-order valence-corrected chi connectivity index (χ4v) is 4.24. The molecule has 1 aromatic rings. The minimum atomic E-state index is 0.0351. The Morgan fingerprint density at radius 1 is 1.33 bits per heavy atom. The third-order valence-electron chi connectivity index (χ3n) is 5.83. The fraction of sp³-hybridized carbons (Fsp3) is 0.455. The summed E-state index contributed by atoms with van der Waals surface area (Å²) in [7, 11) is 0. The van der Waals surface area contributed by atoms with E-state index in [4.69, 9.17) is 15.9 Å². The highest BCUT2D eigenvalue weighted by Crippen LogP contribution is 2.35. The van der Waals surface area contributed by atoms with Gasteiger partial charge in [0.2, 0.25) is 0 Å². The zero-order valence-electron chi connectivity index (χ0n) is 17.5. The summed E-state index contributed by atoms with van der Waals surface area (Å²) in [5, 5.41) is 17.0. The molecule has 2 aliphatic heterocycles. The van der Waals surface area contributed by atoms with Crippen LogP contribution in [0.25, 0.3) is 0 Å². The van der Waals surface area contributed by atoms with Crippen LogP contribution in [0.1, 0.15) is 37.7 Å². The summed E-state index contributed by atoms with van der Waals surface area (Å²) in [6, 6.07) is 7.02. The Hall–Kier alpha value is -3.00. The molecule has 0 aromatic heterocycles. The largest absolute Gasteiger partial charge is 0.450 e. The smallest absolute Gasteiger partial charge is 0.186 e. The average Bonchev–Trinajstić information content (AvgIpc) is 2.72. The zero-order chi connectivity index (χ0) is 21.1. The van der Waals surface area contributed by atoms with Gasteiger partial charge in [0.15, 0.2) is 23.3 Å².